The molecule has 0 spiro atoms. The molecule has 0 N–H and O–H groups in total. The summed E-state index contributed by atoms with van der Waals surface area (Å²) in [6.45, 7) is 6.88. The normalized spacial score (nSPS) is 30.6. The first-order valence-corrected chi connectivity index (χ1v) is 9.86. The highest BCUT2D eigenvalue weighted by Gasteiger charge is 2.55. The SMILES string of the molecule is CC=C(C)C(=O)OC1CCC2CC(=O)C(C(C)C(=O)OC)=CC2(C)C1C(=O)OC. The summed E-state index contributed by atoms with van der Waals surface area (Å²) in [7, 11) is 2.56. The monoisotopic (exact) mass is 406 g/mol. The molecular formula is C22H30O7. The highest BCUT2D eigenvalue weighted by Crippen LogP contribution is 2.53. The van der Waals surface area contributed by atoms with Crippen LogP contribution >= 0.6 is 0 Å². The van der Waals surface area contributed by atoms with Crippen molar-refractivity contribution in [2.75, 3.05) is 14.2 Å². The molecule has 0 aromatic heterocycles. The third-order valence-electron chi connectivity index (χ3n) is 6.43. The zero-order valence-electron chi connectivity index (χ0n) is 17.9. The Bertz CT molecular complexity index is 763. The van der Waals surface area contributed by atoms with Crippen LogP contribution in [-0.4, -0.2) is 44.0 Å². The van der Waals surface area contributed by atoms with Crippen molar-refractivity contribution in [2.45, 2.75) is 53.1 Å². The first kappa shape index (κ1) is 22.8. The van der Waals surface area contributed by atoms with Crippen LogP contribution in [0.1, 0.15) is 47.0 Å². The van der Waals surface area contributed by atoms with Crippen molar-refractivity contribution < 1.29 is 33.4 Å². The molecule has 2 aliphatic carbocycles. The van der Waals surface area contributed by atoms with Gasteiger partial charge >= 0.3 is 17.9 Å². The van der Waals surface area contributed by atoms with Gasteiger partial charge < -0.3 is 14.2 Å². The molecule has 0 bridgehead atoms. The van der Waals surface area contributed by atoms with Crippen LogP contribution in [0.4, 0.5) is 0 Å². The van der Waals surface area contributed by atoms with Crippen LogP contribution in [0.2, 0.25) is 0 Å². The molecule has 0 aliphatic heterocycles. The highest BCUT2D eigenvalue weighted by atomic mass is 16.6. The molecule has 1 fully saturated rings. The van der Waals surface area contributed by atoms with Gasteiger partial charge in [-0.3, -0.25) is 14.4 Å². The summed E-state index contributed by atoms with van der Waals surface area (Å²) >= 11 is 0. The van der Waals surface area contributed by atoms with Crippen LogP contribution in [0.25, 0.3) is 0 Å². The molecular weight excluding hydrogens is 376 g/mol. The Balaban J connectivity index is 2.49. The zero-order valence-corrected chi connectivity index (χ0v) is 17.9. The standard InChI is InChI=1S/C22H30O7/c1-7-12(2)19(24)29-17-9-8-14-10-16(23)15(13(3)20(25)27-5)11-22(14,4)18(17)21(26)28-6/h7,11,13-14,17-18H,8-10H2,1-6H3. The minimum Gasteiger partial charge on any atom is -0.469 e. The molecule has 7 heteroatoms. The van der Waals surface area contributed by atoms with E-state index in [1.54, 1.807) is 32.9 Å². The van der Waals surface area contributed by atoms with Crippen molar-refractivity contribution >= 4 is 23.7 Å². The van der Waals surface area contributed by atoms with Gasteiger partial charge in [0, 0.05) is 23.0 Å². The summed E-state index contributed by atoms with van der Waals surface area (Å²) in [6.07, 6.45) is 4.01. The van der Waals surface area contributed by atoms with Gasteiger partial charge in [0.05, 0.1) is 20.1 Å². The lowest BCUT2D eigenvalue weighted by Gasteiger charge is -2.49. The van der Waals surface area contributed by atoms with Gasteiger partial charge in [0.15, 0.2) is 5.78 Å². The molecule has 2 aliphatic rings. The van der Waals surface area contributed by atoms with Gasteiger partial charge in [0.25, 0.3) is 0 Å². The number of ketones is 1. The van der Waals surface area contributed by atoms with E-state index in [-0.39, 0.29) is 18.1 Å². The fraction of sp³-hybridized carbons (Fsp3) is 0.636. The summed E-state index contributed by atoms with van der Waals surface area (Å²) in [4.78, 5) is 49.8. The van der Waals surface area contributed by atoms with Gasteiger partial charge in [0.2, 0.25) is 0 Å². The fourth-order valence-electron chi connectivity index (χ4n) is 4.46. The Hall–Kier alpha value is -2.44. The number of Topliss-reactive ketones (excluding diaryl/α,β-unsaturated/α-hetero) is 1. The second-order valence-corrected chi connectivity index (χ2v) is 8.03. The van der Waals surface area contributed by atoms with E-state index < -0.39 is 41.3 Å². The number of rotatable bonds is 5. The summed E-state index contributed by atoms with van der Waals surface area (Å²) in [5, 5.41) is 0. The number of carbonyl (C=O) groups excluding carboxylic acids is 4. The maximum atomic E-state index is 12.8. The Morgan fingerprint density at radius 3 is 2.41 bits per heavy atom. The molecule has 0 saturated heterocycles. The number of methoxy groups -OCH3 is 2. The van der Waals surface area contributed by atoms with Crippen LogP contribution in [0.15, 0.2) is 23.3 Å². The number of carbonyl (C=O) groups is 4. The Morgan fingerprint density at radius 1 is 1.21 bits per heavy atom. The minimum atomic E-state index is -0.786. The third-order valence-corrected chi connectivity index (χ3v) is 6.43. The number of hydrogen-bond donors (Lipinski definition) is 0. The zero-order chi connectivity index (χ0) is 21.9. The molecule has 2 rings (SSSR count). The number of allylic oxidation sites excluding steroid dienone is 2. The van der Waals surface area contributed by atoms with Crippen LogP contribution < -0.4 is 0 Å². The molecule has 0 aromatic rings. The average molecular weight is 406 g/mol. The van der Waals surface area contributed by atoms with E-state index >= 15 is 0 Å². The van der Waals surface area contributed by atoms with Crippen molar-refractivity contribution in [3.05, 3.63) is 23.3 Å². The topological polar surface area (TPSA) is 96.0 Å². The average Bonchev–Trinajstić information content (AvgIpc) is 2.71. The molecule has 0 radical (unpaired) electrons. The Labute approximate surface area is 171 Å². The maximum Gasteiger partial charge on any atom is 0.333 e. The van der Waals surface area contributed by atoms with Gasteiger partial charge in [-0.2, -0.15) is 0 Å². The second-order valence-electron chi connectivity index (χ2n) is 8.03. The lowest BCUT2D eigenvalue weighted by Crippen LogP contribution is -2.53. The van der Waals surface area contributed by atoms with E-state index in [2.05, 4.69) is 0 Å². The van der Waals surface area contributed by atoms with Gasteiger partial charge in [-0.05, 0) is 39.5 Å². The molecule has 1 saturated carbocycles. The van der Waals surface area contributed by atoms with Crippen molar-refractivity contribution in [1.29, 1.82) is 0 Å². The van der Waals surface area contributed by atoms with E-state index in [0.717, 1.165) is 0 Å². The number of hydrogen-bond acceptors (Lipinski definition) is 7. The van der Waals surface area contributed by atoms with Crippen molar-refractivity contribution in [3.63, 3.8) is 0 Å². The molecule has 5 unspecified atom stereocenters. The van der Waals surface area contributed by atoms with Crippen LogP contribution in [0, 0.1) is 23.2 Å². The minimum absolute atomic E-state index is 0.106. The van der Waals surface area contributed by atoms with E-state index in [1.807, 2.05) is 6.92 Å². The first-order chi connectivity index (χ1) is 13.6. The van der Waals surface area contributed by atoms with Gasteiger partial charge in [-0.15, -0.1) is 0 Å². The van der Waals surface area contributed by atoms with Crippen molar-refractivity contribution in [3.8, 4) is 0 Å². The van der Waals surface area contributed by atoms with E-state index in [1.165, 1.54) is 14.2 Å². The molecule has 0 heterocycles. The fourth-order valence-corrected chi connectivity index (χ4v) is 4.46. The maximum absolute atomic E-state index is 12.8. The predicted octanol–water partition coefficient (Wildman–Crippen LogP) is 2.78. The Kier molecular flexibility index (Phi) is 7.03. The van der Waals surface area contributed by atoms with Crippen molar-refractivity contribution in [1.82, 2.24) is 0 Å². The first-order valence-electron chi connectivity index (χ1n) is 9.86. The highest BCUT2D eigenvalue weighted by molar-refractivity contribution is 6.01. The summed E-state index contributed by atoms with van der Waals surface area (Å²) in [5.41, 5.74) is 0.00225. The van der Waals surface area contributed by atoms with E-state index in [0.29, 0.717) is 24.0 Å². The summed E-state index contributed by atoms with van der Waals surface area (Å²) in [5.74, 6) is -3.22. The summed E-state index contributed by atoms with van der Waals surface area (Å²) in [6, 6.07) is 0. The van der Waals surface area contributed by atoms with E-state index in [4.69, 9.17) is 14.2 Å². The van der Waals surface area contributed by atoms with Gasteiger partial charge in [-0.25, -0.2) is 4.79 Å². The third kappa shape index (κ3) is 4.28. The smallest absolute Gasteiger partial charge is 0.333 e. The van der Waals surface area contributed by atoms with Crippen LogP contribution in [0.3, 0.4) is 0 Å². The van der Waals surface area contributed by atoms with Crippen molar-refractivity contribution in [2.24, 2.45) is 23.2 Å². The molecule has 5 atom stereocenters. The van der Waals surface area contributed by atoms with Crippen LogP contribution in [0.5, 0.6) is 0 Å². The largest absolute Gasteiger partial charge is 0.469 e. The molecule has 0 amide bonds. The summed E-state index contributed by atoms with van der Waals surface area (Å²) < 4.78 is 15.5. The van der Waals surface area contributed by atoms with Gasteiger partial charge in [-0.1, -0.05) is 19.1 Å². The lowest BCUT2D eigenvalue weighted by atomic mass is 9.55. The number of ether oxygens (including phenoxy) is 3. The molecule has 160 valence electrons. The second kappa shape index (κ2) is 8.93. The molecule has 0 aromatic carbocycles. The molecule has 29 heavy (non-hydrogen) atoms. The quantitative estimate of drug-likeness (QED) is 0.393. The predicted molar refractivity (Wildman–Crippen MR) is 105 cm³/mol. The lowest BCUT2D eigenvalue weighted by molar-refractivity contribution is -0.172. The van der Waals surface area contributed by atoms with E-state index in [9.17, 15) is 19.2 Å². The van der Waals surface area contributed by atoms with Crippen LogP contribution in [-0.2, 0) is 33.4 Å². The number of esters is 3. The van der Waals surface area contributed by atoms with Gasteiger partial charge in [0.1, 0.15) is 12.0 Å². The Morgan fingerprint density at radius 2 is 1.86 bits per heavy atom. The molecule has 7 nitrogen and oxygen atoms in total. The number of fused-ring (bicyclic) bond motifs is 1.